The lowest BCUT2D eigenvalue weighted by Gasteiger charge is -1.96. The van der Waals surface area contributed by atoms with Crippen molar-refractivity contribution in [2.45, 2.75) is 26.7 Å². The number of furan rings is 1. The molecule has 3 heteroatoms. The van der Waals surface area contributed by atoms with E-state index < -0.39 is 0 Å². The van der Waals surface area contributed by atoms with Crippen molar-refractivity contribution in [2.24, 2.45) is 0 Å². The van der Waals surface area contributed by atoms with Crippen LogP contribution in [-0.2, 0) is 0 Å². The minimum atomic E-state index is -0.123. The molecule has 0 unspecified atom stereocenters. The lowest BCUT2D eigenvalue weighted by molar-refractivity contribution is 0.0935. The van der Waals surface area contributed by atoms with Crippen LogP contribution in [0.25, 0.3) is 0 Å². The highest BCUT2D eigenvalue weighted by molar-refractivity contribution is 6.06. The summed E-state index contributed by atoms with van der Waals surface area (Å²) in [7, 11) is 0. The van der Waals surface area contributed by atoms with Crippen LogP contribution in [0.1, 0.15) is 47.6 Å². The fourth-order valence-corrected chi connectivity index (χ4v) is 1.10. The maximum absolute atomic E-state index is 11.3. The van der Waals surface area contributed by atoms with Gasteiger partial charge < -0.3 is 4.42 Å². The quantitative estimate of drug-likeness (QED) is 0.668. The van der Waals surface area contributed by atoms with E-state index in [0.29, 0.717) is 18.4 Å². The molecule has 1 heterocycles. The Hall–Kier alpha value is -1.38. The van der Waals surface area contributed by atoms with Crippen molar-refractivity contribution in [1.82, 2.24) is 0 Å². The third-order valence-electron chi connectivity index (χ3n) is 1.86. The van der Waals surface area contributed by atoms with E-state index in [1.807, 2.05) is 0 Å². The zero-order valence-electron chi connectivity index (χ0n) is 7.79. The third kappa shape index (κ3) is 1.86. The van der Waals surface area contributed by atoms with Crippen molar-refractivity contribution in [2.75, 3.05) is 0 Å². The van der Waals surface area contributed by atoms with Crippen molar-refractivity contribution in [3.05, 3.63) is 23.7 Å². The van der Waals surface area contributed by atoms with Crippen LogP contribution in [0.2, 0.25) is 0 Å². The highest BCUT2D eigenvalue weighted by atomic mass is 16.3. The Labute approximate surface area is 76.7 Å². The molecule has 0 atom stereocenters. The summed E-state index contributed by atoms with van der Waals surface area (Å²) >= 11 is 0. The summed E-state index contributed by atoms with van der Waals surface area (Å²) in [5.41, 5.74) is 0.411. The Morgan fingerprint density at radius 2 is 1.85 bits per heavy atom. The molecule has 0 N–H and O–H groups in total. The molecule has 0 fully saturated rings. The fraction of sp³-hybridized carbons (Fsp3) is 0.400. The van der Waals surface area contributed by atoms with E-state index in [-0.39, 0.29) is 17.3 Å². The van der Waals surface area contributed by atoms with E-state index in [1.54, 1.807) is 19.9 Å². The number of Topliss-reactive ketones (excluding diaryl/α,β-unsaturated/α-hetero) is 2. The Bertz CT molecular complexity index is 292. The van der Waals surface area contributed by atoms with Crippen LogP contribution in [-0.4, -0.2) is 11.6 Å². The van der Waals surface area contributed by atoms with Gasteiger partial charge in [-0.15, -0.1) is 0 Å². The van der Waals surface area contributed by atoms with Gasteiger partial charge in [-0.3, -0.25) is 9.59 Å². The molecule has 1 aromatic rings. The number of hydrogen-bond acceptors (Lipinski definition) is 3. The molecule has 0 aromatic carbocycles. The van der Waals surface area contributed by atoms with Crippen molar-refractivity contribution in [3.63, 3.8) is 0 Å². The maximum atomic E-state index is 11.3. The van der Waals surface area contributed by atoms with E-state index >= 15 is 0 Å². The number of carbonyl (C=O) groups excluding carboxylic acids is 2. The van der Waals surface area contributed by atoms with E-state index in [4.69, 9.17) is 4.42 Å². The minimum Gasteiger partial charge on any atom is -0.460 e. The number of hydrogen-bond donors (Lipinski definition) is 0. The van der Waals surface area contributed by atoms with Gasteiger partial charge in [0.1, 0.15) is 0 Å². The van der Waals surface area contributed by atoms with E-state index in [2.05, 4.69) is 0 Å². The average Bonchev–Trinajstić information content (AvgIpc) is 2.63. The second-order valence-electron chi connectivity index (χ2n) is 2.72. The van der Waals surface area contributed by atoms with Gasteiger partial charge in [-0.25, -0.2) is 0 Å². The fourth-order valence-electron chi connectivity index (χ4n) is 1.10. The molecule has 0 saturated carbocycles. The second-order valence-corrected chi connectivity index (χ2v) is 2.72. The van der Waals surface area contributed by atoms with Crippen molar-refractivity contribution in [1.29, 1.82) is 0 Å². The van der Waals surface area contributed by atoms with Gasteiger partial charge in [-0.2, -0.15) is 0 Å². The maximum Gasteiger partial charge on any atom is 0.198 e. The van der Waals surface area contributed by atoms with Gasteiger partial charge in [0.2, 0.25) is 0 Å². The van der Waals surface area contributed by atoms with Gasteiger partial charge in [0, 0.05) is 12.8 Å². The summed E-state index contributed by atoms with van der Waals surface area (Å²) < 4.78 is 4.97. The molecule has 1 rings (SSSR count). The summed E-state index contributed by atoms with van der Waals surface area (Å²) in [5, 5.41) is 0. The molecule has 0 aliphatic heterocycles. The first-order valence-corrected chi connectivity index (χ1v) is 4.34. The normalized spacial score (nSPS) is 10.0. The largest absolute Gasteiger partial charge is 0.460 e. The van der Waals surface area contributed by atoms with Gasteiger partial charge >= 0.3 is 0 Å². The molecular formula is C10H12O3. The first-order chi connectivity index (χ1) is 6.20. The predicted octanol–water partition coefficient (Wildman–Crippen LogP) is 2.47. The Morgan fingerprint density at radius 1 is 1.23 bits per heavy atom. The lowest BCUT2D eigenvalue weighted by Crippen LogP contribution is -2.04. The van der Waals surface area contributed by atoms with Gasteiger partial charge in [0.25, 0.3) is 0 Å². The summed E-state index contributed by atoms with van der Waals surface area (Å²) in [5.74, 6) is 0.0294. The summed E-state index contributed by atoms with van der Waals surface area (Å²) in [4.78, 5) is 22.6. The molecule has 70 valence electrons. The molecule has 13 heavy (non-hydrogen) atoms. The van der Waals surface area contributed by atoms with Gasteiger partial charge in [-0.1, -0.05) is 13.8 Å². The zero-order chi connectivity index (χ0) is 9.84. The van der Waals surface area contributed by atoms with Crippen LogP contribution in [0.5, 0.6) is 0 Å². The first-order valence-electron chi connectivity index (χ1n) is 4.34. The Morgan fingerprint density at radius 3 is 2.38 bits per heavy atom. The van der Waals surface area contributed by atoms with E-state index in [0.717, 1.165) is 0 Å². The topological polar surface area (TPSA) is 47.3 Å². The smallest absolute Gasteiger partial charge is 0.198 e. The molecule has 0 radical (unpaired) electrons. The standard InChI is InChI=1S/C10H12O3/c1-3-8(11)7-5-6-13-10(7)9(12)4-2/h5-6H,3-4H2,1-2H3. The molecular weight excluding hydrogens is 168 g/mol. The monoisotopic (exact) mass is 180 g/mol. The molecule has 3 nitrogen and oxygen atoms in total. The predicted molar refractivity (Wildman–Crippen MR) is 48.0 cm³/mol. The number of ketones is 2. The van der Waals surface area contributed by atoms with E-state index in [1.165, 1.54) is 6.26 Å². The molecule has 0 amide bonds. The highest BCUT2D eigenvalue weighted by Crippen LogP contribution is 2.14. The van der Waals surface area contributed by atoms with Crippen LogP contribution in [0.4, 0.5) is 0 Å². The van der Waals surface area contributed by atoms with Crippen LogP contribution in [0, 0.1) is 0 Å². The lowest BCUT2D eigenvalue weighted by atomic mass is 10.1. The van der Waals surface area contributed by atoms with Gasteiger partial charge in [0.05, 0.1) is 11.8 Å². The zero-order valence-corrected chi connectivity index (χ0v) is 7.79. The van der Waals surface area contributed by atoms with Crippen molar-refractivity contribution < 1.29 is 14.0 Å². The van der Waals surface area contributed by atoms with Crippen LogP contribution >= 0.6 is 0 Å². The van der Waals surface area contributed by atoms with Crippen molar-refractivity contribution >= 4 is 11.6 Å². The average molecular weight is 180 g/mol. The number of carbonyl (C=O) groups is 2. The summed E-state index contributed by atoms with van der Waals surface area (Å²) in [6.07, 6.45) is 2.13. The first kappa shape index (κ1) is 9.71. The van der Waals surface area contributed by atoms with Crippen LogP contribution < -0.4 is 0 Å². The molecule has 0 spiro atoms. The minimum absolute atomic E-state index is 0.0504. The highest BCUT2D eigenvalue weighted by Gasteiger charge is 2.17. The summed E-state index contributed by atoms with van der Waals surface area (Å²) in [6, 6.07) is 1.55. The van der Waals surface area contributed by atoms with E-state index in [9.17, 15) is 9.59 Å². The molecule has 0 aliphatic carbocycles. The molecule has 0 aliphatic rings. The van der Waals surface area contributed by atoms with Crippen molar-refractivity contribution in [3.8, 4) is 0 Å². The second kappa shape index (κ2) is 4.03. The molecule has 0 saturated heterocycles. The third-order valence-corrected chi connectivity index (χ3v) is 1.86. The van der Waals surface area contributed by atoms with Gasteiger partial charge in [-0.05, 0) is 6.07 Å². The Balaban J connectivity index is 3.02. The van der Waals surface area contributed by atoms with Gasteiger partial charge in [0.15, 0.2) is 17.3 Å². The Kier molecular flexibility index (Phi) is 3.01. The summed E-state index contributed by atoms with van der Waals surface area (Å²) in [6.45, 7) is 3.50. The molecule has 0 bridgehead atoms. The number of rotatable bonds is 4. The molecule has 1 aromatic heterocycles. The van der Waals surface area contributed by atoms with Crippen LogP contribution in [0.3, 0.4) is 0 Å². The SMILES string of the molecule is CCC(=O)c1ccoc1C(=O)CC. The van der Waals surface area contributed by atoms with Crippen LogP contribution in [0.15, 0.2) is 16.7 Å².